The number of halogens is 1. The highest BCUT2D eigenvalue weighted by atomic mass is 35.5. The Labute approximate surface area is 129 Å². The van der Waals surface area contributed by atoms with Crippen LogP contribution in [-0.4, -0.2) is 6.10 Å². The number of benzene rings is 2. The third-order valence-corrected chi connectivity index (χ3v) is 4.13. The highest BCUT2D eigenvalue weighted by Crippen LogP contribution is 2.40. The van der Waals surface area contributed by atoms with Crippen LogP contribution >= 0.6 is 11.6 Å². The van der Waals surface area contributed by atoms with Gasteiger partial charge in [-0.2, -0.15) is 5.26 Å². The zero-order valence-corrected chi connectivity index (χ0v) is 12.4. The maximum Gasteiger partial charge on any atom is 0.125 e. The Kier molecular flexibility index (Phi) is 4.13. The molecule has 0 aromatic heterocycles. The number of aryl methyl sites for hydroxylation is 1. The molecule has 106 valence electrons. The van der Waals surface area contributed by atoms with Crippen molar-refractivity contribution in [3.05, 3.63) is 64.7 Å². The number of hydrogen-bond acceptors (Lipinski definition) is 2. The maximum atomic E-state index is 9.41. The molecule has 0 fully saturated rings. The van der Waals surface area contributed by atoms with Gasteiger partial charge in [-0.25, -0.2) is 0 Å². The molecule has 2 unspecified atom stereocenters. The van der Waals surface area contributed by atoms with Gasteiger partial charge in [0.1, 0.15) is 17.8 Å². The number of nitriles is 1. The Morgan fingerprint density at radius 1 is 1.14 bits per heavy atom. The summed E-state index contributed by atoms with van der Waals surface area (Å²) in [7, 11) is 0. The lowest BCUT2D eigenvalue weighted by Crippen LogP contribution is -2.17. The average Bonchev–Trinajstić information content (AvgIpc) is 2.84. The molecule has 0 N–H and O–H groups in total. The molecule has 3 heteroatoms. The summed E-state index contributed by atoms with van der Waals surface area (Å²) in [5.74, 6) is 0.576. The lowest BCUT2D eigenvalue weighted by Gasteiger charge is -2.13. The van der Waals surface area contributed by atoms with Gasteiger partial charge in [-0.15, -0.1) is 0 Å². The summed E-state index contributed by atoms with van der Waals surface area (Å²) in [4.78, 5) is 0. The van der Waals surface area contributed by atoms with E-state index in [4.69, 9.17) is 16.3 Å². The van der Waals surface area contributed by atoms with Gasteiger partial charge in [-0.05, 0) is 37.0 Å². The molecule has 2 atom stereocenters. The summed E-state index contributed by atoms with van der Waals surface area (Å²) in [6.45, 7) is 0. The van der Waals surface area contributed by atoms with E-state index in [2.05, 4.69) is 30.3 Å². The molecular weight excluding hydrogens is 282 g/mol. The van der Waals surface area contributed by atoms with E-state index in [-0.39, 0.29) is 12.0 Å². The van der Waals surface area contributed by atoms with E-state index in [1.807, 2.05) is 18.2 Å². The summed E-state index contributed by atoms with van der Waals surface area (Å²) < 4.78 is 5.92. The van der Waals surface area contributed by atoms with E-state index in [1.165, 1.54) is 5.56 Å². The van der Waals surface area contributed by atoms with Gasteiger partial charge in [0.2, 0.25) is 0 Å². The van der Waals surface area contributed by atoms with E-state index in [9.17, 15) is 5.26 Å². The van der Waals surface area contributed by atoms with Crippen molar-refractivity contribution in [2.75, 3.05) is 0 Å². The Morgan fingerprint density at radius 3 is 2.71 bits per heavy atom. The molecule has 1 heterocycles. The van der Waals surface area contributed by atoms with Crippen molar-refractivity contribution in [3.63, 3.8) is 0 Å². The van der Waals surface area contributed by atoms with Crippen molar-refractivity contribution in [2.45, 2.75) is 31.3 Å². The predicted octanol–water partition coefficient (Wildman–Crippen LogP) is 4.73. The predicted molar refractivity (Wildman–Crippen MR) is 83.6 cm³/mol. The minimum absolute atomic E-state index is 0.0628. The fourth-order valence-electron chi connectivity index (χ4n) is 2.83. The van der Waals surface area contributed by atoms with Crippen LogP contribution in [0.4, 0.5) is 0 Å². The van der Waals surface area contributed by atoms with Gasteiger partial charge >= 0.3 is 0 Å². The second kappa shape index (κ2) is 6.20. The Bertz CT molecular complexity index is 663. The van der Waals surface area contributed by atoms with E-state index >= 15 is 0 Å². The fraction of sp³-hybridized carbons (Fsp3) is 0.278. The first-order valence-electron chi connectivity index (χ1n) is 7.17. The van der Waals surface area contributed by atoms with Gasteiger partial charge in [-0.1, -0.05) is 48.0 Å². The van der Waals surface area contributed by atoms with Crippen molar-refractivity contribution in [2.24, 2.45) is 0 Å². The Hall–Kier alpha value is -1.98. The average molecular weight is 298 g/mol. The molecule has 2 aromatic carbocycles. The van der Waals surface area contributed by atoms with Crippen LogP contribution in [0.2, 0.25) is 5.02 Å². The second-order valence-corrected chi connectivity index (χ2v) is 5.76. The number of fused-ring (bicyclic) bond motifs is 1. The van der Waals surface area contributed by atoms with Crippen molar-refractivity contribution >= 4 is 11.6 Å². The van der Waals surface area contributed by atoms with Crippen molar-refractivity contribution in [1.29, 1.82) is 5.26 Å². The highest BCUT2D eigenvalue weighted by Gasteiger charge is 2.34. The van der Waals surface area contributed by atoms with Crippen LogP contribution in [-0.2, 0) is 6.42 Å². The summed E-state index contributed by atoms with van der Waals surface area (Å²) in [5, 5.41) is 10.1. The molecule has 0 bridgehead atoms. The van der Waals surface area contributed by atoms with Crippen molar-refractivity contribution in [1.82, 2.24) is 0 Å². The molecule has 0 radical (unpaired) electrons. The van der Waals surface area contributed by atoms with Crippen LogP contribution in [0.3, 0.4) is 0 Å². The van der Waals surface area contributed by atoms with Crippen LogP contribution in [0, 0.1) is 11.3 Å². The first-order valence-corrected chi connectivity index (χ1v) is 7.55. The molecular formula is C18H16ClNO. The van der Waals surface area contributed by atoms with E-state index in [0.29, 0.717) is 5.02 Å². The first kappa shape index (κ1) is 14.0. The molecule has 0 spiro atoms. The molecule has 2 aromatic rings. The van der Waals surface area contributed by atoms with Crippen LogP contribution in [0.15, 0.2) is 48.5 Å². The normalized spacial score (nSPS) is 19.6. The maximum absolute atomic E-state index is 9.41. The first-order chi connectivity index (χ1) is 10.3. The largest absolute Gasteiger partial charge is 0.488 e. The summed E-state index contributed by atoms with van der Waals surface area (Å²) in [6.07, 6.45) is 2.83. The Morgan fingerprint density at radius 2 is 1.95 bits per heavy atom. The molecule has 1 aliphatic rings. The smallest absolute Gasteiger partial charge is 0.125 e. The Balaban J connectivity index is 1.63. The van der Waals surface area contributed by atoms with E-state index in [0.717, 1.165) is 30.6 Å². The lowest BCUT2D eigenvalue weighted by molar-refractivity contribution is 0.207. The summed E-state index contributed by atoms with van der Waals surface area (Å²) >= 11 is 5.98. The monoisotopic (exact) mass is 297 g/mol. The lowest BCUT2D eigenvalue weighted by atomic mass is 9.93. The SMILES string of the molecule is N#CC1c2ccc(Cl)cc2OC1CCCc1ccccc1. The van der Waals surface area contributed by atoms with Crippen molar-refractivity contribution in [3.8, 4) is 11.8 Å². The number of rotatable bonds is 4. The number of nitrogens with zero attached hydrogens (tertiary/aromatic N) is 1. The van der Waals surface area contributed by atoms with E-state index < -0.39 is 0 Å². The number of ether oxygens (including phenoxy) is 1. The van der Waals surface area contributed by atoms with Gasteiger partial charge in [0.05, 0.1) is 6.07 Å². The molecule has 2 nitrogen and oxygen atoms in total. The van der Waals surface area contributed by atoms with Gasteiger partial charge in [0.15, 0.2) is 0 Å². The highest BCUT2D eigenvalue weighted by molar-refractivity contribution is 6.30. The standard InChI is InChI=1S/C18H16ClNO/c19-14-9-10-15-16(12-20)17(21-18(15)11-14)8-4-7-13-5-2-1-3-6-13/h1-3,5-6,9-11,16-17H,4,7-8H2. The van der Waals surface area contributed by atoms with Gasteiger partial charge < -0.3 is 4.74 Å². The topological polar surface area (TPSA) is 33.0 Å². The zero-order chi connectivity index (χ0) is 14.7. The third-order valence-electron chi connectivity index (χ3n) is 3.90. The quantitative estimate of drug-likeness (QED) is 0.817. The molecule has 0 amide bonds. The zero-order valence-electron chi connectivity index (χ0n) is 11.6. The molecule has 0 aliphatic carbocycles. The second-order valence-electron chi connectivity index (χ2n) is 5.32. The van der Waals surface area contributed by atoms with Crippen molar-refractivity contribution < 1.29 is 4.74 Å². The molecule has 1 aliphatic heterocycles. The van der Waals surface area contributed by atoms with Gasteiger partial charge in [-0.3, -0.25) is 0 Å². The molecule has 21 heavy (non-hydrogen) atoms. The fourth-order valence-corrected chi connectivity index (χ4v) is 2.99. The summed E-state index contributed by atoms with van der Waals surface area (Å²) in [6, 6.07) is 18.3. The van der Waals surface area contributed by atoms with E-state index in [1.54, 1.807) is 6.07 Å². The van der Waals surface area contributed by atoms with Crippen LogP contribution in [0.25, 0.3) is 0 Å². The minimum atomic E-state index is -0.187. The van der Waals surface area contributed by atoms with Crippen LogP contribution in [0.5, 0.6) is 5.75 Å². The van der Waals surface area contributed by atoms with Crippen LogP contribution < -0.4 is 4.74 Å². The summed E-state index contributed by atoms with van der Waals surface area (Å²) in [5.41, 5.74) is 2.29. The minimum Gasteiger partial charge on any atom is -0.488 e. The molecule has 0 saturated carbocycles. The molecule has 0 saturated heterocycles. The van der Waals surface area contributed by atoms with Crippen LogP contribution in [0.1, 0.15) is 29.9 Å². The van der Waals surface area contributed by atoms with Gasteiger partial charge in [0, 0.05) is 10.6 Å². The molecule has 3 rings (SSSR count). The third kappa shape index (κ3) is 3.04. The number of hydrogen-bond donors (Lipinski definition) is 0. The van der Waals surface area contributed by atoms with Gasteiger partial charge in [0.25, 0.3) is 0 Å².